The molecule has 1 aromatic heterocycles. The minimum Gasteiger partial charge on any atom is -0.294 e. The number of hydrogen-bond donors (Lipinski definition) is 0. The average Bonchev–Trinajstić information content (AvgIpc) is 2.47. The summed E-state index contributed by atoms with van der Waals surface area (Å²) in [6, 6.07) is 7.25. The van der Waals surface area contributed by atoms with Gasteiger partial charge in [0.15, 0.2) is 11.6 Å². The zero-order chi connectivity index (χ0) is 15.5. The van der Waals surface area contributed by atoms with Crippen LogP contribution in [0, 0.1) is 0 Å². The van der Waals surface area contributed by atoms with Crippen molar-refractivity contribution in [1.82, 2.24) is 4.98 Å². The molecular formula is C15H10F3NO2. The molecule has 2 aromatic rings. The number of pyridine rings is 1. The minimum atomic E-state index is -4.63. The summed E-state index contributed by atoms with van der Waals surface area (Å²) in [6.45, 7) is 0. The third kappa shape index (κ3) is 3.53. The lowest BCUT2D eigenvalue weighted by molar-refractivity contribution is -0.137. The fourth-order valence-electron chi connectivity index (χ4n) is 1.85. The van der Waals surface area contributed by atoms with E-state index in [1.807, 2.05) is 0 Å². The molecule has 0 fully saturated rings. The molecule has 3 nitrogen and oxygen atoms in total. The van der Waals surface area contributed by atoms with E-state index in [2.05, 4.69) is 4.98 Å². The summed E-state index contributed by atoms with van der Waals surface area (Å²) >= 11 is 0. The average molecular weight is 293 g/mol. The summed E-state index contributed by atoms with van der Waals surface area (Å²) in [6.07, 6.45) is -2.49. The second kappa shape index (κ2) is 5.87. The maximum atomic E-state index is 12.8. The first-order valence-corrected chi connectivity index (χ1v) is 6.02. The number of aromatic nitrogens is 1. The van der Waals surface area contributed by atoms with Crippen molar-refractivity contribution in [3.05, 3.63) is 65.5 Å². The minimum absolute atomic E-state index is 0.239. The molecule has 0 atom stereocenters. The number of rotatable bonds is 4. The van der Waals surface area contributed by atoms with Crippen LogP contribution in [0.4, 0.5) is 13.2 Å². The molecule has 108 valence electrons. The Morgan fingerprint density at radius 1 is 0.952 bits per heavy atom. The lowest BCUT2D eigenvalue weighted by Crippen LogP contribution is -2.15. The molecule has 21 heavy (non-hydrogen) atoms. The molecule has 0 aliphatic heterocycles. The molecule has 6 heteroatoms. The predicted octanol–water partition coefficient (Wildman–Crippen LogP) is 3.56. The van der Waals surface area contributed by atoms with Crippen molar-refractivity contribution >= 4 is 11.6 Å². The van der Waals surface area contributed by atoms with Gasteiger partial charge in [-0.05, 0) is 18.2 Å². The number of carbonyl (C=O) groups excluding carboxylic acids is 2. The molecule has 0 aliphatic rings. The first-order valence-electron chi connectivity index (χ1n) is 6.02. The Morgan fingerprint density at radius 3 is 2.19 bits per heavy atom. The zero-order valence-electron chi connectivity index (χ0n) is 10.7. The van der Waals surface area contributed by atoms with Crippen LogP contribution < -0.4 is 0 Å². The number of nitrogens with zero attached hydrogens (tertiary/aromatic N) is 1. The molecular weight excluding hydrogens is 283 g/mol. The van der Waals surface area contributed by atoms with E-state index in [0.717, 1.165) is 12.1 Å². The molecule has 0 saturated heterocycles. The smallest absolute Gasteiger partial charge is 0.294 e. The molecule has 0 radical (unpaired) electrons. The largest absolute Gasteiger partial charge is 0.417 e. The van der Waals surface area contributed by atoms with Crippen LogP contribution in [0.3, 0.4) is 0 Å². The van der Waals surface area contributed by atoms with E-state index in [4.69, 9.17) is 0 Å². The second-order valence-electron chi connectivity index (χ2n) is 4.30. The van der Waals surface area contributed by atoms with Crippen LogP contribution in [0.1, 0.15) is 32.7 Å². The SMILES string of the molecule is O=C(CC(=O)c1ccccc1C(F)(F)F)c1ccncc1. The van der Waals surface area contributed by atoms with Crippen molar-refractivity contribution < 1.29 is 22.8 Å². The van der Waals surface area contributed by atoms with Gasteiger partial charge in [0.2, 0.25) is 0 Å². The topological polar surface area (TPSA) is 47.0 Å². The van der Waals surface area contributed by atoms with E-state index in [0.29, 0.717) is 0 Å². The van der Waals surface area contributed by atoms with Crippen LogP contribution in [0.25, 0.3) is 0 Å². The van der Waals surface area contributed by atoms with Crippen molar-refractivity contribution in [2.45, 2.75) is 12.6 Å². The van der Waals surface area contributed by atoms with Crippen LogP contribution in [0.15, 0.2) is 48.8 Å². The normalized spacial score (nSPS) is 11.2. The molecule has 0 spiro atoms. The summed E-state index contributed by atoms with van der Waals surface area (Å²) in [7, 11) is 0. The van der Waals surface area contributed by atoms with Crippen molar-refractivity contribution in [2.24, 2.45) is 0 Å². The molecule has 0 amide bonds. The van der Waals surface area contributed by atoms with Crippen molar-refractivity contribution in [3.8, 4) is 0 Å². The Labute approximate surface area is 118 Å². The Bertz CT molecular complexity index is 666. The standard InChI is InChI=1S/C15H10F3NO2/c16-15(17,18)12-4-2-1-3-11(12)14(21)9-13(20)10-5-7-19-8-6-10/h1-8H,9H2. The van der Waals surface area contributed by atoms with E-state index in [9.17, 15) is 22.8 Å². The van der Waals surface area contributed by atoms with Gasteiger partial charge in [0.25, 0.3) is 0 Å². The summed E-state index contributed by atoms with van der Waals surface area (Å²) in [5, 5.41) is 0. The van der Waals surface area contributed by atoms with Gasteiger partial charge in [-0.25, -0.2) is 0 Å². The van der Waals surface area contributed by atoms with Gasteiger partial charge < -0.3 is 0 Å². The predicted molar refractivity (Wildman–Crippen MR) is 69.0 cm³/mol. The third-order valence-electron chi connectivity index (χ3n) is 2.86. The summed E-state index contributed by atoms with van der Waals surface area (Å²) in [5.41, 5.74) is -1.28. The fourth-order valence-corrected chi connectivity index (χ4v) is 1.85. The molecule has 1 aromatic carbocycles. The van der Waals surface area contributed by atoms with Gasteiger partial charge in [-0.1, -0.05) is 18.2 Å². The molecule has 2 rings (SSSR count). The highest BCUT2D eigenvalue weighted by molar-refractivity contribution is 6.14. The Kier molecular flexibility index (Phi) is 4.16. The first-order chi connectivity index (χ1) is 9.89. The van der Waals surface area contributed by atoms with E-state index in [-0.39, 0.29) is 5.56 Å². The highest BCUT2D eigenvalue weighted by Crippen LogP contribution is 2.32. The van der Waals surface area contributed by atoms with E-state index in [1.54, 1.807) is 0 Å². The maximum Gasteiger partial charge on any atom is 0.417 e. The lowest BCUT2D eigenvalue weighted by atomic mass is 9.98. The maximum absolute atomic E-state index is 12.8. The van der Waals surface area contributed by atoms with E-state index >= 15 is 0 Å². The first kappa shape index (κ1) is 14.9. The number of benzene rings is 1. The zero-order valence-corrected chi connectivity index (χ0v) is 10.7. The molecule has 0 aliphatic carbocycles. The summed E-state index contributed by atoms with van der Waals surface area (Å²) in [5.74, 6) is -1.40. The molecule has 0 saturated carbocycles. The van der Waals surface area contributed by atoms with Crippen molar-refractivity contribution in [1.29, 1.82) is 0 Å². The number of hydrogen-bond acceptors (Lipinski definition) is 3. The van der Waals surface area contributed by atoms with E-state index in [1.165, 1.54) is 36.7 Å². The van der Waals surface area contributed by atoms with Crippen LogP contribution in [-0.4, -0.2) is 16.6 Å². The van der Waals surface area contributed by atoms with Crippen LogP contribution in [0.2, 0.25) is 0 Å². The quantitative estimate of drug-likeness (QED) is 0.639. The lowest BCUT2D eigenvalue weighted by Gasteiger charge is -2.11. The van der Waals surface area contributed by atoms with Gasteiger partial charge in [-0.15, -0.1) is 0 Å². The van der Waals surface area contributed by atoms with Crippen molar-refractivity contribution in [2.75, 3.05) is 0 Å². The van der Waals surface area contributed by atoms with Gasteiger partial charge >= 0.3 is 6.18 Å². The molecule has 1 heterocycles. The Morgan fingerprint density at radius 2 is 1.57 bits per heavy atom. The number of Topliss-reactive ketones (excluding diaryl/α,β-unsaturated/α-hetero) is 2. The summed E-state index contributed by atoms with van der Waals surface area (Å²) in [4.78, 5) is 27.5. The monoisotopic (exact) mass is 293 g/mol. The van der Waals surface area contributed by atoms with Crippen LogP contribution in [-0.2, 0) is 6.18 Å². The third-order valence-corrected chi connectivity index (χ3v) is 2.86. The second-order valence-corrected chi connectivity index (χ2v) is 4.30. The Hall–Kier alpha value is -2.50. The van der Waals surface area contributed by atoms with Gasteiger partial charge in [-0.3, -0.25) is 14.6 Å². The number of ketones is 2. The van der Waals surface area contributed by atoms with Crippen molar-refractivity contribution in [3.63, 3.8) is 0 Å². The van der Waals surface area contributed by atoms with Gasteiger partial charge in [-0.2, -0.15) is 13.2 Å². The van der Waals surface area contributed by atoms with E-state index < -0.39 is 35.3 Å². The number of carbonyl (C=O) groups is 2. The highest BCUT2D eigenvalue weighted by Gasteiger charge is 2.35. The van der Waals surface area contributed by atoms with Gasteiger partial charge in [0.1, 0.15) is 0 Å². The Balaban J connectivity index is 2.24. The highest BCUT2D eigenvalue weighted by atomic mass is 19.4. The number of halogens is 3. The van der Waals surface area contributed by atoms with Gasteiger partial charge in [0, 0.05) is 23.5 Å². The molecule has 0 N–H and O–H groups in total. The molecule has 0 bridgehead atoms. The summed E-state index contributed by atoms with van der Waals surface area (Å²) < 4.78 is 38.5. The molecule has 0 unspecified atom stereocenters. The van der Waals surface area contributed by atoms with Gasteiger partial charge in [0.05, 0.1) is 12.0 Å². The van der Waals surface area contributed by atoms with Crippen LogP contribution >= 0.6 is 0 Å². The fraction of sp³-hybridized carbons (Fsp3) is 0.133. The number of alkyl halides is 3. The van der Waals surface area contributed by atoms with Crippen LogP contribution in [0.5, 0.6) is 0 Å².